The van der Waals surface area contributed by atoms with Crippen molar-refractivity contribution in [3.8, 4) is 5.75 Å². The van der Waals surface area contributed by atoms with E-state index in [9.17, 15) is 19.4 Å². The molecule has 110 valence electrons. The van der Waals surface area contributed by atoms with E-state index in [1.807, 2.05) is 6.07 Å². The second kappa shape index (κ2) is 5.93. The van der Waals surface area contributed by atoms with Gasteiger partial charge in [0.05, 0.1) is 17.7 Å². The summed E-state index contributed by atoms with van der Waals surface area (Å²) in [5, 5.41) is 21.9. The summed E-state index contributed by atoms with van der Waals surface area (Å²) in [5.41, 5.74) is -0.501. The van der Waals surface area contributed by atoms with E-state index >= 15 is 0 Å². The highest BCUT2D eigenvalue weighted by Crippen LogP contribution is 2.23. The van der Waals surface area contributed by atoms with Crippen LogP contribution < -0.4 is 5.32 Å². The van der Waals surface area contributed by atoms with Crippen LogP contribution in [0.5, 0.6) is 5.75 Å². The third-order valence-electron chi connectivity index (χ3n) is 3.32. The first-order valence-corrected chi connectivity index (χ1v) is 6.44. The minimum absolute atomic E-state index is 0.175. The molecule has 1 amide bonds. The van der Waals surface area contributed by atoms with Crippen LogP contribution >= 0.6 is 0 Å². The lowest BCUT2D eigenvalue weighted by Crippen LogP contribution is -2.46. The summed E-state index contributed by atoms with van der Waals surface area (Å²) in [6.07, 6.45) is 0. The zero-order chi connectivity index (χ0) is 15.5. The van der Waals surface area contributed by atoms with Gasteiger partial charge in [-0.3, -0.25) is 4.79 Å². The van der Waals surface area contributed by atoms with Crippen LogP contribution in [0.1, 0.15) is 22.8 Å². The zero-order valence-electron chi connectivity index (χ0n) is 11.5. The highest BCUT2D eigenvalue weighted by atomic mass is 19.1. The number of carbonyl (C=O) groups excluding carboxylic acids is 1. The fraction of sp³-hybridized carbons (Fsp3) is 0.188. The fourth-order valence-electron chi connectivity index (χ4n) is 2.02. The molecular formula is C16H16FNO3. The monoisotopic (exact) mass is 289 g/mol. The van der Waals surface area contributed by atoms with E-state index in [0.717, 1.165) is 18.2 Å². The number of phenols is 1. The molecule has 0 saturated carbocycles. The number of hydrogen-bond donors (Lipinski definition) is 3. The SMILES string of the molecule is CC(CO)(NC(=O)c1cc(F)ccc1O)c1ccccc1. The van der Waals surface area contributed by atoms with Gasteiger partial charge in [-0.15, -0.1) is 0 Å². The Hall–Kier alpha value is -2.40. The molecule has 0 aliphatic heterocycles. The van der Waals surface area contributed by atoms with Crippen molar-refractivity contribution in [3.05, 3.63) is 65.5 Å². The van der Waals surface area contributed by atoms with Crippen molar-refractivity contribution in [1.29, 1.82) is 0 Å². The largest absolute Gasteiger partial charge is 0.507 e. The quantitative estimate of drug-likeness (QED) is 0.808. The molecule has 2 aromatic rings. The smallest absolute Gasteiger partial charge is 0.255 e. The second-order valence-corrected chi connectivity index (χ2v) is 4.97. The maximum atomic E-state index is 13.2. The molecule has 1 unspecified atom stereocenters. The van der Waals surface area contributed by atoms with Crippen LogP contribution in [0.3, 0.4) is 0 Å². The van der Waals surface area contributed by atoms with Crippen molar-refractivity contribution in [2.75, 3.05) is 6.61 Å². The minimum atomic E-state index is -1.03. The van der Waals surface area contributed by atoms with E-state index in [4.69, 9.17) is 0 Å². The van der Waals surface area contributed by atoms with Gasteiger partial charge in [-0.05, 0) is 30.7 Å². The Morgan fingerprint density at radius 2 is 1.90 bits per heavy atom. The third kappa shape index (κ3) is 3.20. The number of hydrogen-bond acceptors (Lipinski definition) is 3. The third-order valence-corrected chi connectivity index (χ3v) is 3.32. The number of aliphatic hydroxyl groups is 1. The van der Waals surface area contributed by atoms with Crippen LogP contribution in [0.4, 0.5) is 4.39 Å². The lowest BCUT2D eigenvalue weighted by molar-refractivity contribution is 0.0846. The van der Waals surface area contributed by atoms with Gasteiger partial charge in [0.1, 0.15) is 11.6 Å². The van der Waals surface area contributed by atoms with Crippen molar-refractivity contribution >= 4 is 5.91 Å². The number of rotatable bonds is 4. The van der Waals surface area contributed by atoms with Gasteiger partial charge in [0.2, 0.25) is 0 Å². The van der Waals surface area contributed by atoms with Crippen LogP contribution in [0.15, 0.2) is 48.5 Å². The molecule has 0 radical (unpaired) electrons. The summed E-state index contributed by atoms with van der Waals surface area (Å²) < 4.78 is 13.2. The van der Waals surface area contributed by atoms with E-state index in [1.165, 1.54) is 0 Å². The Kier molecular flexibility index (Phi) is 4.23. The maximum absolute atomic E-state index is 13.2. The van der Waals surface area contributed by atoms with E-state index < -0.39 is 17.3 Å². The molecule has 3 N–H and O–H groups in total. The van der Waals surface area contributed by atoms with Crippen molar-refractivity contribution in [2.45, 2.75) is 12.5 Å². The van der Waals surface area contributed by atoms with Crippen LogP contribution in [-0.4, -0.2) is 22.7 Å². The molecule has 4 nitrogen and oxygen atoms in total. The number of benzene rings is 2. The second-order valence-electron chi connectivity index (χ2n) is 4.97. The van der Waals surface area contributed by atoms with E-state index in [-0.39, 0.29) is 17.9 Å². The summed E-state index contributed by atoms with van der Waals surface area (Å²) in [6.45, 7) is 1.31. The standard InChI is InChI=1S/C16H16FNO3/c1-16(10-19,11-5-3-2-4-6-11)18-15(21)13-9-12(17)7-8-14(13)20/h2-9,19-20H,10H2,1H3,(H,18,21). The van der Waals surface area contributed by atoms with E-state index in [2.05, 4.69) is 5.32 Å². The summed E-state index contributed by atoms with van der Waals surface area (Å²) in [4.78, 5) is 12.2. The number of aromatic hydroxyl groups is 1. The van der Waals surface area contributed by atoms with Gasteiger partial charge in [0.15, 0.2) is 0 Å². The molecule has 0 aromatic heterocycles. The molecule has 5 heteroatoms. The molecule has 0 bridgehead atoms. The van der Waals surface area contributed by atoms with Gasteiger partial charge in [0.25, 0.3) is 5.91 Å². The van der Waals surface area contributed by atoms with Gasteiger partial charge >= 0.3 is 0 Å². The number of halogens is 1. The molecule has 0 saturated heterocycles. The highest BCUT2D eigenvalue weighted by molar-refractivity contribution is 5.97. The van der Waals surface area contributed by atoms with Gasteiger partial charge < -0.3 is 15.5 Å². The molecule has 2 rings (SSSR count). The number of amides is 1. The molecule has 2 aromatic carbocycles. The first-order valence-electron chi connectivity index (χ1n) is 6.44. The van der Waals surface area contributed by atoms with Crippen LogP contribution in [0, 0.1) is 5.82 Å². The van der Waals surface area contributed by atoms with E-state index in [0.29, 0.717) is 5.56 Å². The molecule has 0 spiro atoms. The summed E-state index contributed by atoms with van der Waals surface area (Å²) >= 11 is 0. The van der Waals surface area contributed by atoms with Crippen molar-refractivity contribution in [1.82, 2.24) is 5.32 Å². The lowest BCUT2D eigenvalue weighted by Gasteiger charge is -2.29. The lowest BCUT2D eigenvalue weighted by atomic mass is 9.92. The average molecular weight is 289 g/mol. The Bertz CT molecular complexity index is 645. The average Bonchev–Trinajstić information content (AvgIpc) is 2.50. The zero-order valence-corrected chi connectivity index (χ0v) is 11.5. The predicted molar refractivity (Wildman–Crippen MR) is 76.4 cm³/mol. The summed E-state index contributed by atoms with van der Waals surface area (Å²) in [7, 11) is 0. The fourth-order valence-corrected chi connectivity index (χ4v) is 2.02. The van der Waals surface area contributed by atoms with E-state index in [1.54, 1.807) is 31.2 Å². The molecule has 0 fully saturated rings. The first kappa shape index (κ1) is 15.0. The number of nitrogens with one attached hydrogen (secondary N) is 1. The van der Waals surface area contributed by atoms with Crippen LogP contribution in [-0.2, 0) is 5.54 Å². The van der Waals surface area contributed by atoms with Gasteiger partial charge in [-0.2, -0.15) is 0 Å². The van der Waals surface area contributed by atoms with Crippen LogP contribution in [0.25, 0.3) is 0 Å². The first-order chi connectivity index (χ1) is 9.96. The number of phenolic OH excluding ortho intramolecular Hbond substituents is 1. The highest BCUT2D eigenvalue weighted by Gasteiger charge is 2.29. The number of aliphatic hydroxyl groups excluding tert-OH is 1. The van der Waals surface area contributed by atoms with Gasteiger partial charge in [-0.1, -0.05) is 30.3 Å². The summed E-state index contributed by atoms with van der Waals surface area (Å²) in [5.74, 6) is -1.60. The predicted octanol–water partition coefficient (Wildman–Crippen LogP) is 2.17. The Morgan fingerprint density at radius 1 is 1.24 bits per heavy atom. The van der Waals surface area contributed by atoms with Gasteiger partial charge in [0, 0.05) is 0 Å². The van der Waals surface area contributed by atoms with Crippen molar-refractivity contribution < 1.29 is 19.4 Å². The Balaban J connectivity index is 2.30. The Labute approximate surface area is 121 Å². The summed E-state index contributed by atoms with van der Waals surface area (Å²) in [6, 6.07) is 12.1. The molecule has 0 aliphatic carbocycles. The maximum Gasteiger partial charge on any atom is 0.255 e. The molecule has 0 heterocycles. The molecule has 21 heavy (non-hydrogen) atoms. The minimum Gasteiger partial charge on any atom is -0.507 e. The van der Waals surface area contributed by atoms with Gasteiger partial charge in [-0.25, -0.2) is 4.39 Å². The van der Waals surface area contributed by atoms with Crippen LogP contribution in [0.2, 0.25) is 0 Å². The topological polar surface area (TPSA) is 69.6 Å². The molecule has 1 atom stereocenters. The van der Waals surface area contributed by atoms with Crippen molar-refractivity contribution in [3.63, 3.8) is 0 Å². The number of carbonyl (C=O) groups is 1. The normalized spacial score (nSPS) is 13.5. The Morgan fingerprint density at radius 3 is 2.52 bits per heavy atom. The van der Waals surface area contributed by atoms with Crippen molar-refractivity contribution in [2.24, 2.45) is 0 Å². The molecule has 0 aliphatic rings. The molecular weight excluding hydrogens is 273 g/mol.